The van der Waals surface area contributed by atoms with Gasteiger partial charge in [-0.05, 0) is 84.6 Å². The van der Waals surface area contributed by atoms with Crippen LogP contribution in [0.25, 0.3) is 0 Å². The van der Waals surface area contributed by atoms with Gasteiger partial charge in [-0.15, -0.1) is 0 Å². The molecule has 0 aromatic heterocycles. The molecule has 0 saturated heterocycles. The van der Waals surface area contributed by atoms with E-state index in [1.54, 1.807) is 0 Å². The molecule has 3 aliphatic rings. The summed E-state index contributed by atoms with van der Waals surface area (Å²) in [6.07, 6.45) is 5.42. The molecule has 0 radical (unpaired) electrons. The predicted molar refractivity (Wildman–Crippen MR) is 123 cm³/mol. The summed E-state index contributed by atoms with van der Waals surface area (Å²) in [5.74, 6) is 2.01. The minimum Gasteiger partial charge on any atom is -0.489 e. The molecule has 168 valence electrons. The first-order chi connectivity index (χ1) is 15.5. The molecule has 5 rings (SSSR count). The second-order valence-corrected chi connectivity index (χ2v) is 10.2. The van der Waals surface area contributed by atoms with Crippen molar-refractivity contribution in [2.45, 2.75) is 64.4 Å². The summed E-state index contributed by atoms with van der Waals surface area (Å²) in [6.45, 7) is 2.73. The van der Waals surface area contributed by atoms with E-state index in [0.717, 1.165) is 37.0 Å². The molecule has 3 aliphatic carbocycles. The second kappa shape index (κ2) is 8.38. The lowest BCUT2D eigenvalue weighted by Crippen LogP contribution is -2.44. The summed E-state index contributed by atoms with van der Waals surface area (Å²) in [7, 11) is 0. The van der Waals surface area contributed by atoms with Gasteiger partial charge < -0.3 is 9.84 Å². The molecule has 2 saturated carbocycles. The molecule has 5 atom stereocenters. The van der Waals surface area contributed by atoms with E-state index in [0.29, 0.717) is 43.0 Å². The van der Waals surface area contributed by atoms with Crippen LogP contribution in [0.4, 0.5) is 0 Å². The number of rotatable bonds is 6. The van der Waals surface area contributed by atoms with E-state index >= 15 is 0 Å². The first kappa shape index (κ1) is 21.2. The molecule has 32 heavy (non-hydrogen) atoms. The molecular weight excluding hydrogens is 400 g/mol. The van der Waals surface area contributed by atoms with Gasteiger partial charge in [-0.1, -0.05) is 43.3 Å². The van der Waals surface area contributed by atoms with Gasteiger partial charge in [-0.3, -0.25) is 9.59 Å². The molecular formula is C28H32O4. The zero-order valence-corrected chi connectivity index (χ0v) is 18.8. The third kappa shape index (κ3) is 3.74. The number of ketones is 1. The highest BCUT2D eigenvalue weighted by Crippen LogP contribution is 2.62. The van der Waals surface area contributed by atoms with Crippen molar-refractivity contribution in [1.82, 2.24) is 0 Å². The minimum atomic E-state index is -0.754. The van der Waals surface area contributed by atoms with E-state index < -0.39 is 5.97 Å². The topological polar surface area (TPSA) is 63.6 Å². The maximum absolute atomic E-state index is 13.0. The Morgan fingerprint density at radius 1 is 1.16 bits per heavy atom. The van der Waals surface area contributed by atoms with Crippen LogP contribution in [0, 0.1) is 23.2 Å². The van der Waals surface area contributed by atoms with Crippen LogP contribution in [-0.4, -0.2) is 16.9 Å². The lowest BCUT2D eigenvalue weighted by molar-refractivity contribution is -0.137. The Morgan fingerprint density at radius 3 is 2.75 bits per heavy atom. The Labute approximate surface area is 190 Å². The van der Waals surface area contributed by atoms with Crippen molar-refractivity contribution >= 4 is 11.8 Å². The van der Waals surface area contributed by atoms with Gasteiger partial charge >= 0.3 is 5.97 Å². The lowest BCUT2D eigenvalue weighted by Gasteiger charge is -2.50. The van der Waals surface area contributed by atoms with Gasteiger partial charge in [0.05, 0.1) is 0 Å². The van der Waals surface area contributed by atoms with Crippen LogP contribution in [0.15, 0.2) is 48.5 Å². The fourth-order valence-electron chi connectivity index (χ4n) is 7.02. The number of hydrogen-bond donors (Lipinski definition) is 1. The van der Waals surface area contributed by atoms with Gasteiger partial charge in [0.15, 0.2) is 0 Å². The number of ether oxygens (including phenoxy) is 1. The third-order valence-corrected chi connectivity index (χ3v) is 8.52. The monoisotopic (exact) mass is 432 g/mol. The molecule has 2 fully saturated rings. The largest absolute Gasteiger partial charge is 0.489 e. The standard InChI is InChI=1S/C28H32O4/c1-28-14-13-23-22-11-9-21(32-17-18-5-3-2-4-6-18)15-19(22)7-10-24(23)27(28)20(16-25(28)29)8-12-26(30)31/h2-6,9,11,15,20,23-24,27H,7-8,10,12-14,16-17H2,1H3,(H,30,31)/t20?,23?,24?,27?,28-/m1/s1. The Bertz CT molecular complexity index is 1010. The summed E-state index contributed by atoms with van der Waals surface area (Å²) in [6, 6.07) is 16.8. The second-order valence-electron chi connectivity index (χ2n) is 10.2. The average Bonchev–Trinajstić information content (AvgIpc) is 3.06. The smallest absolute Gasteiger partial charge is 0.303 e. The van der Waals surface area contributed by atoms with Crippen molar-refractivity contribution in [2.24, 2.45) is 23.2 Å². The van der Waals surface area contributed by atoms with Gasteiger partial charge in [-0.25, -0.2) is 0 Å². The zero-order chi connectivity index (χ0) is 22.3. The molecule has 2 aromatic rings. The average molecular weight is 433 g/mol. The van der Waals surface area contributed by atoms with Gasteiger partial charge in [-0.2, -0.15) is 0 Å². The normalized spacial score (nSPS) is 30.8. The number of hydrogen-bond acceptors (Lipinski definition) is 3. The summed E-state index contributed by atoms with van der Waals surface area (Å²) in [5.41, 5.74) is 3.70. The van der Waals surface area contributed by atoms with Crippen molar-refractivity contribution in [3.05, 3.63) is 65.2 Å². The molecule has 1 N–H and O–H groups in total. The highest BCUT2D eigenvalue weighted by atomic mass is 16.5. The van der Waals surface area contributed by atoms with Crippen LogP contribution in [-0.2, 0) is 22.6 Å². The number of fused-ring (bicyclic) bond motifs is 5. The number of aryl methyl sites for hydroxylation is 1. The summed E-state index contributed by atoms with van der Waals surface area (Å²) in [4.78, 5) is 24.2. The number of carboxylic acid groups (broad SMARTS) is 1. The SMILES string of the molecule is C[C@]12CCC3c4ccc(OCc5ccccc5)cc4CCC3C1C(CCC(=O)O)CC2=O. The number of Topliss-reactive ketones (excluding diaryl/α,β-unsaturated/α-hetero) is 1. The van der Waals surface area contributed by atoms with E-state index in [4.69, 9.17) is 4.74 Å². The highest BCUT2D eigenvalue weighted by Gasteiger charge is 2.58. The van der Waals surface area contributed by atoms with Crippen molar-refractivity contribution < 1.29 is 19.4 Å². The maximum atomic E-state index is 13.0. The van der Waals surface area contributed by atoms with E-state index in [1.165, 1.54) is 11.1 Å². The van der Waals surface area contributed by atoms with Crippen LogP contribution < -0.4 is 4.74 Å². The van der Waals surface area contributed by atoms with Crippen LogP contribution in [0.5, 0.6) is 5.75 Å². The van der Waals surface area contributed by atoms with E-state index in [2.05, 4.69) is 37.3 Å². The van der Waals surface area contributed by atoms with E-state index in [9.17, 15) is 14.7 Å². The molecule has 2 aromatic carbocycles. The van der Waals surface area contributed by atoms with Crippen molar-refractivity contribution in [3.63, 3.8) is 0 Å². The summed E-state index contributed by atoms with van der Waals surface area (Å²) in [5, 5.41) is 9.21. The molecule has 4 heteroatoms. The Morgan fingerprint density at radius 2 is 1.97 bits per heavy atom. The van der Waals surface area contributed by atoms with Crippen LogP contribution in [0.3, 0.4) is 0 Å². The van der Waals surface area contributed by atoms with Crippen molar-refractivity contribution in [2.75, 3.05) is 0 Å². The third-order valence-electron chi connectivity index (χ3n) is 8.52. The highest BCUT2D eigenvalue weighted by molar-refractivity contribution is 5.87. The fourth-order valence-corrected chi connectivity index (χ4v) is 7.02. The fraction of sp³-hybridized carbons (Fsp3) is 0.500. The van der Waals surface area contributed by atoms with Crippen molar-refractivity contribution in [3.8, 4) is 5.75 Å². The number of carbonyl (C=O) groups excluding carboxylic acids is 1. The van der Waals surface area contributed by atoms with Gasteiger partial charge in [0.2, 0.25) is 0 Å². The first-order valence-corrected chi connectivity index (χ1v) is 12.0. The number of carboxylic acids is 1. The number of aliphatic carboxylic acids is 1. The maximum Gasteiger partial charge on any atom is 0.303 e. The van der Waals surface area contributed by atoms with Crippen LogP contribution in [0.1, 0.15) is 68.1 Å². The Kier molecular flexibility index (Phi) is 5.56. The summed E-state index contributed by atoms with van der Waals surface area (Å²) >= 11 is 0. The molecule has 0 heterocycles. The number of carbonyl (C=O) groups is 2. The zero-order valence-electron chi connectivity index (χ0n) is 18.8. The molecule has 0 spiro atoms. The van der Waals surface area contributed by atoms with E-state index in [-0.39, 0.29) is 17.8 Å². The van der Waals surface area contributed by atoms with Crippen LogP contribution in [0.2, 0.25) is 0 Å². The molecule has 0 aliphatic heterocycles. The molecule has 4 nitrogen and oxygen atoms in total. The molecule has 4 unspecified atom stereocenters. The Hall–Kier alpha value is -2.62. The lowest BCUT2D eigenvalue weighted by atomic mass is 9.54. The molecule has 0 amide bonds. The minimum absolute atomic E-state index is 0.167. The van der Waals surface area contributed by atoms with E-state index in [1.807, 2.05) is 18.2 Å². The van der Waals surface area contributed by atoms with Gasteiger partial charge in [0, 0.05) is 18.3 Å². The van der Waals surface area contributed by atoms with Crippen LogP contribution >= 0.6 is 0 Å². The molecule has 0 bridgehead atoms. The van der Waals surface area contributed by atoms with Gasteiger partial charge in [0.25, 0.3) is 0 Å². The predicted octanol–water partition coefficient (Wildman–Crippen LogP) is 5.78. The van der Waals surface area contributed by atoms with Crippen molar-refractivity contribution in [1.29, 1.82) is 0 Å². The van der Waals surface area contributed by atoms with Gasteiger partial charge in [0.1, 0.15) is 18.1 Å². The number of benzene rings is 2. The summed E-state index contributed by atoms with van der Waals surface area (Å²) < 4.78 is 6.06. The first-order valence-electron chi connectivity index (χ1n) is 12.0. The Balaban J connectivity index is 1.35. The quantitative estimate of drug-likeness (QED) is 0.628.